The number of ether oxygens (including phenoxy) is 2. The van der Waals surface area contributed by atoms with Gasteiger partial charge < -0.3 is 14.8 Å². The zero-order chi connectivity index (χ0) is 26.0. The van der Waals surface area contributed by atoms with Gasteiger partial charge in [0.15, 0.2) is 0 Å². The summed E-state index contributed by atoms with van der Waals surface area (Å²) >= 11 is 0. The van der Waals surface area contributed by atoms with E-state index >= 15 is 0 Å². The van der Waals surface area contributed by atoms with Gasteiger partial charge in [0.25, 0.3) is 0 Å². The molecule has 9 heteroatoms. The van der Waals surface area contributed by atoms with E-state index < -0.39 is 16.1 Å². The lowest BCUT2D eigenvalue weighted by molar-refractivity contribution is 0.0690. The zero-order valence-corrected chi connectivity index (χ0v) is 21.4. The van der Waals surface area contributed by atoms with Crippen molar-refractivity contribution in [2.45, 2.75) is 30.0 Å². The van der Waals surface area contributed by atoms with Crippen LogP contribution in [-0.2, 0) is 25.2 Å². The minimum Gasteiger partial charge on any atom is -0.371 e. The Hall–Kier alpha value is -3.63. The van der Waals surface area contributed by atoms with Crippen LogP contribution in [0, 0.1) is 0 Å². The van der Waals surface area contributed by atoms with Gasteiger partial charge in [-0.2, -0.15) is 0 Å². The molecule has 3 aromatic carbocycles. The Morgan fingerprint density at radius 2 is 1.34 bits per heavy atom. The predicted molar refractivity (Wildman–Crippen MR) is 146 cm³/mol. The molecule has 38 heavy (non-hydrogen) atoms. The average molecular weight is 529 g/mol. The minimum absolute atomic E-state index is 0.0869. The SMILES string of the molecule is O=S(=O)(Cc1ccccc1)N[C@H]1CO[C@H]2[C@@H]1OC[C@@H]2Nc1nccc(-c2ccc(-c3ccccc3)cc2)n1. The van der Waals surface area contributed by atoms with Gasteiger partial charge >= 0.3 is 0 Å². The highest BCUT2D eigenvalue weighted by Crippen LogP contribution is 2.30. The van der Waals surface area contributed by atoms with Gasteiger partial charge in [-0.3, -0.25) is 0 Å². The van der Waals surface area contributed by atoms with Crippen LogP contribution in [0.1, 0.15) is 5.56 Å². The molecule has 2 aliphatic heterocycles. The fraction of sp³-hybridized carbons (Fsp3) is 0.241. The second kappa shape index (κ2) is 10.6. The Balaban J connectivity index is 1.10. The molecule has 4 atom stereocenters. The minimum atomic E-state index is -3.55. The Morgan fingerprint density at radius 3 is 2.08 bits per heavy atom. The number of aromatic nitrogens is 2. The normalized spacial score (nSPS) is 22.7. The highest BCUT2D eigenvalue weighted by atomic mass is 32.2. The Morgan fingerprint density at radius 1 is 0.737 bits per heavy atom. The predicted octanol–water partition coefficient (Wildman–Crippen LogP) is 3.88. The van der Waals surface area contributed by atoms with E-state index in [0.717, 1.165) is 27.9 Å². The molecule has 0 amide bonds. The first kappa shape index (κ1) is 24.7. The molecule has 0 bridgehead atoms. The number of anilines is 1. The molecule has 3 heterocycles. The quantitative estimate of drug-likeness (QED) is 0.358. The van der Waals surface area contributed by atoms with E-state index in [9.17, 15) is 8.42 Å². The maximum absolute atomic E-state index is 12.7. The van der Waals surface area contributed by atoms with Gasteiger partial charge in [-0.05, 0) is 22.8 Å². The van der Waals surface area contributed by atoms with E-state index in [1.807, 2.05) is 42.5 Å². The fourth-order valence-corrected chi connectivity index (χ4v) is 6.39. The van der Waals surface area contributed by atoms with E-state index in [0.29, 0.717) is 12.6 Å². The van der Waals surface area contributed by atoms with Gasteiger partial charge in [-0.1, -0.05) is 84.9 Å². The molecular formula is C29H28N4O4S. The van der Waals surface area contributed by atoms with Crippen LogP contribution in [0.3, 0.4) is 0 Å². The number of hydrogen-bond acceptors (Lipinski definition) is 7. The molecule has 2 N–H and O–H groups in total. The lowest BCUT2D eigenvalue weighted by Crippen LogP contribution is -2.45. The van der Waals surface area contributed by atoms with Gasteiger partial charge in [0, 0.05) is 11.8 Å². The molecule has 0 unspecified atom stereocenters. The maximum Gasteiger partial charge on any atom is 0.223 e. The van der Waals surface area contributed by atoms with E-state index in [-0.39, 0.29) is 30.6 Å². The number of fused-ring (bicyclic) bond motifs is 1. The van der Waals surface area contributed by atoms with Crippen LogP contribution in [0.5, 0.6) is 0 Å². The molecule has 2 aliphatic rings. The number of hydrogen-bond donors (Lipinski definition) is 2. The van der Waals surface area contributed by atoms with Crippen LogP contribution in [-0.4, -0.2) is 55.9 Å². The molecule has 0 aliphatic carbocycles. The molecule has 0 radical (unpaired) electrons. The van der Waals surface area contributed by atoms with Gasteiger partial charge in [0.05, 0.1) is 36.7 Å². The summed E-state index contributed by atoms with van der Waals surface area (Å²) in [5.41, 5.74) is 4.83. The highest BCUT2D eigenvalue weighted by molar-refractivity contribution is 7.88. The van der Waals surface area contributed by atoms with E-state index in [2.05, 4.69) is 51.4 Å². The number of sulfonamides is 1. The summed E-state index contributed by atoms with van der Waals surface area (Å²) in [5.74, 6) is 0.386. The Kier molecular flexibility index (Phi) is 6.90. The number of benzene rings is 3. The summed E-state index contributed by atoms with van der Waals surface area (Å²) in [4.78, 5) is 9.09. The van der Waals surface area contributed by atoms with Crippen molar-refractivity contribution in [3.63, 3.8) is 0 Å². The van der Waals surface area contributed by atoms with Crippen molar-refractivity contribution in [3.05, 3.63) is 103 Å². The first-order chi connectivity index (χ1) is 18.5. The van der Waals surface area contributed by atoms with E-state index in [1.54, 1.807) is 18.3 Å². The summed E-state index contributed by atoms with van der Waals surface area (Å²) in [6.07, 6.45) is 1.03. The summed E-state index contributed by atoms with van der Waals surface area (Å²) in [6, 6.07) is 28.8. The first-order valence-corrected chi connectivity index (χ1v) is 14.2. The van der Waals surface area contributed by atoms with E-state index in [1.165, 1.54) is 0 Å². The smallest absolute Gasteiger partial charge is 0.223 e. The summed E-state index contributed by atoms with van der Waals surface area (Å²) in [6.45, 7) is 0.613. The van der Waals surface area contributed by atoms with Crippen molar-refractivity contribution in [2.75, 3.05) is 18.5 Å². The largest absolute Gasteiger partial charge is 0.371 e. The Labute approximate surface area is 222 Å². The van der Waals surface area contributed by atoms with Crippen LogP contribution in [0.15, 0.2) is 97.2 Å². The number of rotatable bonds is 8. The lowest BCUT2D eigenvalue weighted by Gasteiger charge is -2.18. The molecule has 8 nitrogen and oxygen atoms in total. The molecule has 0 saturated carbocycles. The highest BCUT2D eigenvalue weighted by Gasteiger charge is 2.49. The molecule has 2 fully saturated rings. The third-order valence-corrected chi connectivity index (χ3v) is 8.22. The zero-order valence-electron chi connectivity index (χ0n) is 20.6. The van der Waals surface area contributed by atoms with E-state index in [4.69, 9.17) is 14.5 Å². The van der Waals surface area contributed by atoms with Crippen LogP contribution in [0.4, 0.5) is 5.95 Å². The van der Waals surface area contributed by atoms with Crippen molar-refractivity contribution >= 4 is 16.0 Å². The monoisotopic (exact) mass is 528 g/mol. The van der Waals surface area contributed by atoms with Crippen molar-refractivity contribution in [3.8, 4) is 22.4 Å². The van der Waals surface area contributed by atoms with Gasteiger partial charge in [-0.15, -0.1) is 0 Å². The second-order valence-electron chi connectivity index (χ2n) is 9.52. The molecular weight excluding hydrogens is 500 g/mol. The van der Waals surface area contributed by atoms with Crippen molar-refractivity contribution in [1.29, 1.82) is 0 Å². The number of nitrogens with one attached hydrogen (secondary N) is 2. The molecule has 0 spiro atoms. The summed E-state index contributed by atoms with van der Waals surface area (Å²) in [7, 11) is -3.55. The van der Waals surface area contributed by atoms with Crippen molar-refractivity contribution < 1.29 is 17.9 Å². The van der Waals surface area contributed by atoms with Crippen LogP contribution in [0.25, 0.3) is 22.4 Å². The summed E-state index contributed by atoms with van der Waals surface area (Å²) in [5, 5.41) is 3.33. The molecule has 4 aromatic rings. The molecule has 1 aromatic heterocycles. The van der Waals surface area contributed by atoms with Gasteiger partial charge in [-0.25, -0.2) is 23.1 Å². The molecule has 194 valence electrons. The second-order valence-corrected chi connectivity index (χ2v) is 11.3. The van der Waals surface area contributed by atoms with Crippen LogP contribution < -0.4 is 10.0 Å². The topological polar surface area (TPSA) is 102 Å². The van der Waals surface area contributed by atoms with Crippen LogP contribution >= 0.6 is 0 Å². The lowest BCUT2D eigenvalue weighted by atomic mass is 10.0. The number of nitrogens with zero attached hydrogens (tertiary/aromatic N) is 2. The van der Waals surface area contributed by atoms with Gasteiger partial charge in [0.2, 0.25) is 16.0 Å². The standard InChI is InChI=1S/C29H28N4O4S/c34-38(35,19-20-7-3-1-4-8-20)33-26-18-37-27-25(17-36-28(26)27)32-29-30-16-15-24(31-29)23-13-11-22(12-14-23)21-9-5-2-6-10-21/h1-16,25-28,33H,17-19H2,(H,30,31,32)/t25-,26-,27+,28+/m0/s1. The molecule has 2 saturated heterocycles. The fourth-order valence-electron chi connectivity index (χ4n) is 5.01. The first-order valence-electron chi connectivity index (χ1n) is 12.6. The molecule has 6 rings (SSSR count). The average Bonchev–Trinajstić information content (AvgIpc) is 3.52. The Bertz CT molecular complexity index is 1480. The third-order valence-electron chi connectivity index (χ3n) is 6.84. The van der Waals surface area contributed by atoms with Gasteiger partial charge in [0.1, 0.15) is 12.2 Å². The third kappa shape index (κ3) is 5.46. The summed E-state index contributed by atoms with van der Waals surface area (Å²) < 4.78 is 40.2. The maximum atomic E-state index is 12.7. The van der Waals surface area contributed by atoms with Crippen molar-refractivity contribution in [2.24, 2.45) is 0 Å². The van der Waals surface area contributed by atoms with Crippen LogP contribution in [0.2, 0.25) is 0 Å². The van der Waals surface area contributed by atoms with Crippen molar-refractivity contribution in [1.82, 2.24) is 14.7 Å².